The van der Waals surface area contributed by atoms with Crippen LogP contribution in [0.15, 0.2) is 73.1 Å². The summed E-state index contributed by atoms with van der Waals surface area (Å²) in [4.78, 5) is 32.1. The maximum absolute atomic E-state index is 11.9. The molecule has 190 valence electrons. The maximum atomic E-state index is 11.9. The first-order valence-electron chi connectivity index (χ1n) is 11.4. The van der Waals surface area contributed by atoms with Gasteiger partial charge in [0.25, 0.3) is 0 Å². The van der Waals surface area contributed by atoms with Crippen LogP contribution in [0.1, 0.15) is 41.4 Å². The van der Waals surface area contributed by atoms with E-state index in [1.807, 2.05) is 6.07 Å². The average Bonchev–Trinajstić information content (AvgIpc) is 2.89. The summed E-state index contributed by atoms with van der Waals surface area (Å²) in [7, 11) is 0. The van der Waals surface area contributed by atoms with Gasteiger partial charge >= 0.3 is 12.1 Å². The molecule has 0 amide bonds. The minimum absolute atomic E-state index is 0.145. The van der Waals surface area contributed by atoms with Gasteiger partial charge in [-0.05, 0) is 61.9 Å². The van der Waals surface area contributed by atoms with Gasteiger partial charge in [-0.3, -0.25) is 4.98 Å². The smallest absolute Gasteiger partial charge is 0.478 e. The summed E-state index contributed by atoms with van der Waals surface area (Å²) < 4.78 is 16.1. The number of carboxylic acid groups (broad SMARTS) is 1. The van der Waals surface area contributed by atoms with Gasteiger partial charge in [0.1, 0.15) is 11.3 Å². The summed E-state index contributed by atoms with van der Waals surface area (Å²) in [5.74, 6) is -0.143. The fourth-order valence-corrected chi connectivity index (χ4v) is 3.95. The van der Waals surface area contributed by atoms with Crippen LogP contribution in [-0.2, 0) is 9.47 Å². The minimum atomic E-state index is -1.03. The minimum Gasteiger partial charge on any atom is -0.478 e. The van der Waals surface area contributed by atoms with Gasteiger partial charge < -0.3 is 24.6 Å². The van der Waals surface area contributed by atoms with Gasteiger partial charge in [0.15, 0.2) is 5.75 Å². The quantitative estimate of drug-likeness (QED) is 0.199. The number of anilines is 1. The molecule has 0 spiro atoms. The molecule has 0 saturated carbocycles. The molecule has 0 radical (unpaired) electrons. The van der Waals surface area contributed by atoms with Gasteiger partial charge in [-0.2, -0.15) is 0 Å². The molecule has 10 heteroatoms. The van der Waals surface area contributed by atoms with Crippen LogP contribution in [0.3, 0.4) is 0 Å². The van der Waals surface area contributed by atoms with Crippen molar-refractivity contribution < 1.29 is 28.9 Å². The van der Waals surface area contributed by atoms with Crippen molar-refractivity contribution >= 4 is 40.4 Å². The molecule has 2 N–H and O–H groups in total. The third-order valence-electron chi connectivity index (χ3n) is 5.30. The number of hydrogen-bond donors (Lipinski definition) is 2. The molecule has 1 atom stereocenters. The number of hydrogen-bond acceptors (Lipinski definition) is 8. The first-order valence-corrected chi connectivity index (χ1v) is 11.8. The fraction of sp³-hybridized carbons (Fsp3) is 0.185. The summed E-state index contributed by atoms with van der Waals surface area (Å²) in [5, 5.41) is 13.8. The van der Waals surface area contributed by atoms with E-state index in [1.54, 1.807) is 68.7 Å². The van der Waals surface area contributed by atoms with Crippen LogP contribution < -0.4 is 10.1 Å². The van der Waals surface area contributed by atoms with E-state index in [0.29, 0.717) is 38.6 Å². The highest BCUT2D eigenvalue weighted by molar-refractivity contribution is 6.35. The molecule has 0 saturated heterocycles. The van der Waals surface area contributed by atoms with E-state index < -0.39 is 25.0 Å². The molecule has 0 bridgehead atoms. The fourth-order valence-electron chi connectivity index (χ4n) is 3.68. The van der Waals surface area contributed by atoms with Crippen LogP contribution in [0.2, 0.25) is 5.02 Å². The topological polar surface area (TPSA) is 120 Å². The molecule has 4 rings (SSSR count). The molecule has 1 unspecified atom stereocenters. The van der Waals surface area contributed by atoms with Crippen molar-refractivity contribution in [1.82, 2.24) is 9.97 Å². The second-order valence-electron chi connectivity index (χ2n) is 8.22. The molecule has 4 aromatic rings. The number of ether oxygens (including phenoxy) is 3. The van der Waals surface area contributed by atoms with E-state index >= 15 is 0 Å². The van der Waals surface area contributed by atoms with Crippen molar-refractivity contribution in [2.75, 3.05) is 12.1 Å². The number of aromatic nitrogens is 2. The Hall–Kier alpha value is -4.37. The van der Waals surface area contributed by atoms with Crippen LogP contribution in [-0.4, -0.2) is 40.1 Å². The Labute approximate surface area is 218 Å². The van der Waals surface area contributed by atoms with E-state index in [-0.39, 0.29) is 11.7 Å². The molecular weight excluding hydrogens is 498 g/mol. The zero-order valence-corrected chi connectivity index (χ0v) is 20.8. The number of nitrogens with one attached hydrogen (secondary N) is 1. The molecule has 37 heavy (non-hydrogen) atoms. The average molecular weight is 522 g/mol. The molecular formula is C27H24ClN3O6. The molecule has 0 fully saturated rings. The maximum Gasteiger partial charge on any atom is 0.511 e. The van der Waals surface area contributed by atoms with E-state index in [2.05, 4.69) is 15.3 Å². The second kappa shape index (κ2) is 11.6. The number of carbonyl (C=O) groups is 2. The van der Waals surface area contributed by atoms with E-state index in [4.69, 9.17) is 25.8 Å². The second-order valence-corrected chi connectivity index (χ2v) is 8.63. The number of nitrogens with zero attached hydrogens (tertiary/aromatic N) is 2. The summed E-state index contributed by atoms with van der Waals surface area (Å²) >= 11 is 6.66. The van der Waals surface area contributed by atoms with E-state index in [1.165, 1.54) is 12.1 Å². The first-order chi connectivity index (χ1) is 17.8. The molecule has 0 aliphatic rings. The third-order valence-corrected chi connectivity index (χ3v) is 5.61. The Morgan fingerprint density at radius 2 is 1.78 bits per heavy atom. The Kier molecular flexibility index (Phi) is 8.05. The molecule has 9 nitrogen and oxygen atoms in total. The number of aromatic carboxylic acids is 1. The number of halogens is 1. The van der Waals surface area contributed by atoms with Gasteiger partial charge in [-0.1, -0.05) is 29.8 Å². The van der Waals surface area contributed by atoms with Gasteiger partial charge in [0.05, 0.1) is 22.7 Å². The number of carbonyl (C=O) groups excluding carboxylic acids is 1. The van der Waals surface area contributed by atoms with Crippen molar-refractivity contribution in [2.45, 2.75) is 26.0 Å². The first kappa shape index (κ1) is 25.7. The Balaban J connectivity index is 1.80. The molecule has 2 aromatic carbocycles. The standard InChI is InChI=1S/C27H24ClN3O6/c1-16(2)37-27(34)36-15-35-25-20(14-21(28)19-6-5-13-30-24(19)25)23(31-22-7-3-4-12-29-22)17-8-10-18(11-9-17)26(32)33/h3-14,16,23H,15H2,1-2H3,(H,29,31)(H,32,33). The SMILES string of the molecule is CC(C)OC(=O)OCOc1c(C(Nc2ccccn2)c2ccc(C(=O)O)cc2)cc(Cl)c2cccnc12. The number of fused-ring (bicyclic) bond motifs is 1. The summed E-state index contributed by atoms with van der Waals surface area (Å²) in [5.41, 5.74) is 1.89. The molecule has 2 heterocycles. The zero-order valence-electron chi connectivity index (χ0n) is 20.1. The summed E-state index contributed by atoms with van der Waals surface area (Å²) in [6, 6.07) is 16.5. The molecule has 0 aliphatic heterocycles. The lowest BCUT2D eigenvalue weighted by molar-refractivity contribution is -0.00809. The highest BCUT2D eigenvalue weighted by Crippen LogP contribution is 2.40. The van der Waals surface area contributed by atoms with Crippen molar-refractivity contribution in [3.05, 3.63) is 94.8 Å². The van der Waals surface area contributed by atoms with Crippen molar-refractivity contribution in [3.8, 4) is 5.75 Å². The van der Waals surface area contributed by atoms with Crippen molar-refractivity contribution in [3.63, 3.8) is 0 Å². The van der Waals surface area contributed by atoms with Gasteiger partial charge in [0, 0.05) is 23.3 Å². The molecule has 2 aromatic heterocycles. The van der Waals surface area contributed by atoms with Gasteiger partial charge in [0.2, 0.25) is 6.79 Å². The summed E-state index contributed by atoms with van der Waals surface area (Å²) in [6.07, 6.45) is 2.04. The molecule has 0 aliphatic carbocycles. The van der Waals surface area contributed by atoms with Crippen LogP contribution in [0, 0.1) is 0 Å². The normalized spacial score (nSPS) is 11.7. The Bertz CT molecular complexity index is 1400. The van der Waals surface area contributed by atoms with E-state index in [0.717, 1.165) is 0 Å². The zero-order chi connectivity index (χ0) is 26.4. The lowest BCUT2D eigenvalue weighted by Crippen LogP contribution is -2.18. The number of pyridine rings is 2. The van der Waals surface area contributed by atoms with Crippen LogP contribution >= 0.6 is 11.6 Å². The van der Waals surface area contributed by atoms with Gasteiger partial charge in [-0.15, -0.1) is 0 Å². The van der Waals surface area contributed by atoms with Crippen molar-refractivity contribution in [1.29, 1.82) is 0 Å². The predicted octanol–water partition coefficient (Wildman–Crippen LogP) is 6.08. The van der Waals surface area contributed by atoms with Gasteiger partial charge in [-0.25, -0.2) is 14.6 Å². The highest BCUT2D eigenvalue weighted by Gasteiger charge is 2.24. The van der Waals surface area contributed by atoms with Crippen LogP contribution in [0.4, 0.5) is 10.6 Å². The van der Waals surface area contributed by atoms with E-state index in [9.17, 15) is 14.7 Å². The van der Waals surface area contributed by atoms with Crippen molar-refractivity contribution in [2.24, 2.45) is 0 Å². The number of benzene rings is 2. The third kappa shape index (κ3) is 6.25. The largest absolute Gasteiger partial charge is 0.511 e. The number of rotatable bonds is 9. The lowest BCUT2D eigenvalue weighted by atomic mass is 9.95. The Morgan fingerprint density at radius 3 is 2.46 bits per heavy atom. The highest BCUT2D eigenvalue weighted by atomic mass is 35.5. The van der Waals surface area contributed by atoms with Crippen LogP contribution in [0.5, 0.6) is 5.75 Å². The predicted molar refractivity (Wildman–Crippen MR) is 138 cm³/mol. The van der Waals surface area contributed by atoms with Crippen LogP contribution in [0.25, 0.3) is 10.9 Å². The Morgan fingerprint density at radius 1 is 1.03 bits per heavy atom. The lowest BCUT2D eigenvalue weighted by Gasteiger charge is -2.24. The summed E-state index contributed by atoms with van der Waals surface area (Å²) in [6.45, 7) is 2.99. The monoisotopic (exact) mass is 521 g/mol. The number of carboxylic acids is 1.